The van der Waals surface area contributed by atoms with Crippen LogP contribution in [0.2, 0.25) is 0 Å². The number of hydrogen-bond acceptors (Lipinski definition) is 4. The largest absolute Gasteiger partial charge is 0.457 e. The monoisotopic (exact) mass is 345 g/mol. The van der Waals surface area contributed by atoms with E-state index in [4.69, 9.17) is 14.3 Å². The van der Waals surface area contributed by atoms with Crippen molar-refractivity contribution in [2.45, 2.75) is 13.0 Å². The first kappa shape index (κ1) is 16.2. The van der Waals surface area contributed by atoms with Gasteiger partial charge in [0.1, 0.15) is 23.4 Å². The lowest BCUT2D eigenvalue weighted by Crippen LogP contribution is -2.12. The van der Waals surface area contributed by atoms with Crippen molar-refractivity contribution in [2.75, 3.05) is 0 Å². The zero-order chi connectivity index (χ0) is 17.8. The van der Waals surface area contributed by atoms with Crippen molar-refractivity contribution in [2.24, 2.45) is 0 Å². The summed E-state index contributed by atoms with van der Waals surface area (Å²) in [7, 11) is 0. The van der Waals surface area contributed by atoms with Crippen molar-refractivity contribution in [3.8, 4) is 17.2 Å². The number of hydroxylamine groups is 1. The van der Waals surface area contributed by atoms with Gasteiger partial charge in [0.2, 0.25) is 5.88 Å². The standard InChI is InChI=1S/C22H19NO3/c1-16-7-11-20(12-8-16)25-22-15-21(26-23-22)17-9-13-19(14-10-17)24-18-5-3-2-4-6-18/h2-15,21,23H,1H3/t21-/m1/s1. The van der Waals surface area contributed by atoms with Crippen LogP contribution < -0.4 is 15.0 Å². The molecular formula is C22H19NO3. The smallest absolute Gasteiger partial charge is 0.216 e. The van der Waals surface area contributed by atoms with Gasteiger partial charge in [-0.25, -0.2) is 5.48 Å². The fourth-order valence-electron chi connectivity index (χ4n) is 2.63. The van der Waals surface area contributed by atoms with E-state index in [0.29, 0.717) is 5.88 Å². The lowest BCUT2D eigenvalue weighted by Gasteiger charge is -2.09. The van der Waals surface area contributed by atoms with E-state index < -0.39 is 0 Å². The first-order chi connectivity index (χ1) is 12.8. The summed E-state index contributed by atoms with van der Waals surface area (Å²) in [5, 5.41) is 0. The van der Waals surface area contributed by atoms with E-state index >= 15 is 0 Å². The van der Waals surface area contributed by atoms with E-state index in [2.05, 4.69) is 5.48 Å². The Morgan fingerprint density at radius 2 is 1.35 bits per heavy atom. The molecule has 130 valence electrons. The molecule has 3 aromatic carbocycles. The molecule has 0 spiro atoms. The Labute approximate surface area is 152 Å². The van der Waals surface area contributed by atoms with Gasteiger partial charge in [-0.1, -0.05) is 48.0 Å². The number of benzene rings is 3. The molecule has 4 rings (SSSR count). The van der Waals surface area contributed by atoms with Gasteiger partial charge < -0.3 is 9.47 Å². The van der Waals surface area contributed by atoms with Crippen molar-refractivity contribution < 1.29 is 14.3 Å². The highest BCUT2D eigenvalue weighted by atomic mass is 16.7. The van der Waals surface area contributed by atoms with Crippen molar-refractivity contribution in [3.05, 3.63) is 102 Å². The molecule has 0 aliphatic carbocycles. The van der Waals surface area contributed by atoms with Gasteiger partial charge in [-0.2, -0.15) is 0 Å². The second-order valence-electron chi connectivity index (χ2n) is 6.07. The van der Waals surface area contributed by atoms with Crippen LogP contribution in [-0.2, 0) is 4.84 Å². The van der Waals surface area contributed by atoms with E-state index in [-0.39, 0.29) is 6.10 Å². The second-order valence-corrected chi connectivity index (χ2v) is 6.07. The van der Waals surface area contributed by atoms with Crippen LogP contribution in [0.1, 0.15) is 17.2 Å². The molecule has 1 N–H and O–H groups in total. The fraction of sp³-hybridized carbons (Fsp3) is 0.0909. The summed E-state index contributed by atoms with van der Waals surface area (Å²) < 4.78 is 11.6. The molecule has 0 unspecified atom stereocenters. The molecule has 1 heterocycles. The van der Waals surface area contributed by atoms with E-state index in [1.54, 1.807) is 0 Å². The lowest BCUT2D eigenvalue weighted by atomic mass is 10.1. The number of ether oxygens (including phenoxy) is 2. The minimum absolute atomic E-state index is 0.207. The fourth-order valence-corrected chi connectivity index (χ4v) is 2.63. The molecule has 0 saturated heterocycles. The average Bonchev–Trinajstić information content (AvgIpc) is 3.14. The minimum Gasteiger partial charge on any atom is -0.457 e. The lowest BCUT2D eigenvalue weighted by molar-refractivity contribution is 0.0273. The Morgan fingerprint density at radius 3 is 2.08 bits per heavy atom. The first-order valence-corrected chi connectivity index (χ1v) is 8.47. The number of nitrogens with one attached hydrogen (secondary N) is 1. The van der Waals surface area contributed by atoms with Crippen LogP contribution in [0.5, 0.6) is 17.2 Å². The molecule has 4 heteroatoms. The van der Waals surface area contributed by atoms with Gasteiger partial charge in [0, 0.05) is 6.08 Å². The predicted octanol–water partition coefficient (Wildman–Crippen LogP) is 5.28. The summed E-state index contributed by atoms with van der Waals surface area (Å²) in [6, 6.07) is 25.4. The van der Waals surface area contributed by atoms with Gasteiger partial charge in [0.25, 0.3) is 0 Å². The molecule has 1 aliphatic rings. The number of para-hydroxylation sites is 1. The van der Waals surface area contributed by atoms with Gasteiger partial charge in [-0.3, -0.25) is 4.84 Å². The SMILES string of the molecule is Cc1ccc(OC2=C[C@H](c3ccc(Oc4ccccc4)cc3)ON2)cc1. The highest BCUT2D eigenvalue weighted by Gasteiger charge is 2.20. The molecule has 1 aliphatic heterocycles. The molecule has 0 bridgehead atoms. The summed E-state index contributed by atoms with van der Waals surface area (Å²) in [4.78, 5) is 5.60. The number of rotatable bonds is 5. The topological polar surface area (TPSA) is 39.7 Å². The van der Waals surface area contributed by atoms with Gasteiger partial charge in [-0.05, 0) is 48.9 Å². The minimum atomic E-state index is -0.207. The summed E-state index contributed by atoms with van der Waals surface area (Å²) in [6.07, 6.45) is 1.70. The predicted molar refractivity (Wildman–Crippen MR) is 99.8 cm³/mol. The maximum Gasteiger partial charge on any atom is 0.216 e. The van der Waals surface area contributed by atoms with Crippen LogP contribution >= 0.6 is 0 Å². The molecule has 0 amide bonds. The quantitative estimate of drug-likeness (QED) is 0.682. The van der Waals surface area contributed by atoms with Crippen LogP contribution in [-0.4, -0.2) is 0 Å². The molecule has 0 saturated carbocycles. The van der Waals surface area contributed by atoms with Crippen LogP contribution in [0.3, 0.4) is 0 Å². The maximum atomic E-state index is 5.81. The van der Waals surface area contributed by atoms with Crippen molar-refractivity contribution >= 4 is 0 Å². The van der Waals surface area contributed by atoms with Gasteiger partial charge in [0.05, 0.1) is 0 Å². The summed E-state index contributed by atoms with van der Waals surface area (Å²) in [6.45, 7) is 2.04. The van der Waals surface area contributed by atoms with E-state index in [0.717, 1.165) is 22.8 Å². The third-order valence-corrected chi connectivity index (χ3v) is 4.03. The molecular weight excluding hydrogens is 326 g/mol. The van der Waals surface area contributed by atoms with Crippen LogP contribution in [0.4, 0.5) is 0 Å². The number of aryl methyl sites for hydroxylation is 1. The third kappa shape index (κ3) is 3.87. The highest BCUT2D eigenvalue weighted by molar-refractivity contribution is 5.35. The van der Waals surface area contributed by atoms with E-state index in [1.807, 2.05) is 91.9 Å². The Hall–Kier alpha value is -3.24. The first-order valence-electron chi connectivity index (χ1n) is 8.47. The van der Waals surface area contributed by atoms with Gasteiger partial charge in [0.15, 0.2) is 0 Å². The summed E-state index contributed by atoms with van der Waals surface area (Å²) in [5.74, 6) is 2.95. The zero-order valence-corrected chi connectivity index (χ0v) is 14.4. The van der Waals surface area contributed by atoms with Gasteiger partial charge >= 0.3 is 0 Å². The molecule has 0 fully saturated rings. The summed E-state index contributed by atoms with van der Waals surface area (Å²) >= 11 is 0. The number of hydrogen-bond donors (Lipinski definition) is 1. The van der Waals surface area contributed by atoms with Crippen LogP contribution in [0, 0.1) is 6.92 Å². The Bertz CT molecular complexity index is 887. The van der Waals surface area contributed by atoms with Crippen LogP contribution in [0.25, 0.3) is 0 Å². The molecule has 4 nitrogen and oxygen atoms in total. The van der Waals surface area contributed by atoms with Gasteiger partial charge in [-0.15, -0.1) is 0 Å². The van der Waals surface area contributed by atoms with E-state index in [1.165, 1.54) is 5.56 Å². The highest BCUT2D eigenvalue weighted by Crippen LogP contribution is 2.28. The molecule has 0 radical (unpaired) electrons. The van der Waals surface area contributed by atoms with E-state index in [9.17, 15) is 0 Å². The normalized spacial score (nSPS) is 15.9. The Balaban J connectivity index is 1.41. The summed E-state index contributed by atoms with van der Waals surface area (Å²) in [5.41, 5.74) is 5.04. The molecule has 26 heavy (non-hydrogen) atoms. The second kappa shape index (κ2) is 7.33. The maximum absolute atomic E-state index is 5.81. The van der Waals surface area contributed by atoms with Crippen molar-refractivity contribution in [1.29, 1.82) is 0 Å². The van der Waals surface area contributed by atoms with Crippen molar-refractivity contribution in [3.63, 3.8) is 0 Å². The van der Waals surface area contributed by atoms with Crippen molar-refractivity contribution in [1.82, 2.24) is 5.48 Å². The molecule has 0 aromatic heterocycles. The average molecular weight is 345 g/mol. The zero-order valence-electron chi connectivity index (χ0n) is 14.4. The third-order valence-electron chi connectivity index (χ3n) is 4.03. The van der Waals surface area contributed by atoms with Crippen LogP contribution in [0.15, 0.2) is 90.8 Å². The molecule has 1 atom stereocenters. The Kier molecular flexibility index (Phi) is 4.58. The Morgan fingerprint density at radius 1 is 0.731 bits per heavy atom. The molecule has 3 aromatic rings.